The number of carbonyl (C=O) groups excluding carboxylic acids is 2. The zero-order chi connectivity index (χ0) is 19.1. The number of halogens is 1. The van der Waals surface area contributed by atoms with E-state index in [-0.39, 0.29) is 35.4 Å². The van der Waals surface area contributed by atoms with Crippen molar-refractivity contribution >= 4 is 40.8 Å². The normalized spacial score (nSPS) is 10.2. The summed E-state index contributed by atoms with van der Waals surface area (Å²) in [5.41, 5.74) is 1.31. The molecule has 2 aromatic rings. The van der Waals surface area contributed by atoms with E-state index in [1.165, 1.54) is 19.2 Å². The molecule has 2 aromatic carbocycles. The van der Waals surface area contributed by atoms with Gasteiger partial charge in [-0.05, 0) is 29.8 Å². The van der Waals surface area contributed by atoms with E-state index >= 15 is 0 Å². The first-order valence-corrected chi connectivity index (χ1v) is 7.98. The van der Waals surface area contributed by atoms with Gasteiger partial charge in [0.2, 0.25) is 11.8 Å². The van der Waals surface area contributed by atoms with Crippen LogP contribution >= 0.6 is 11.6 Å². The molecule has 0 saturated carbocycles. The summed E-state index contributed by atoms with van der Waals surface area (Å²) in [6.45, 7) is -0.0994. The van der Waals surface area contributed by atoms with Crippen LogP contribution in [0.2, 0.25) is 5.02 Å². The first-order chi connectivity index (χ1) is 12.4. The minimum Gasteiger partial charge on any atom is -0.478 e. The van der Waals surface area contributed by atoms with Gasteiger partial charge in [0.25, 0.3) is 0 Å². The van der Waals surface area contributed by atoms with E-state index in [4.69, 9.17) is 21.4 Å². The van der Waals surface area contributed by atoms with Crippen molar-refractivity contribution in [2.24, 2.45) is 0 Å². The number of anilines is 2. The summed E-state index contributed by atoms with van der Waals surface area (Å²) in [5.74, 6) is -1.82. The molecule has 136 valence electrons. The standard InChI is InChI=1S/C18H17ClN2O5/c1-26-10-17(23)21-15-7-6-12(9-14(15)19)20-16(22)8-11-4-2-3-5-13(11)18(24)25/h2-7,9H,8,10H2,1H3,(H,20,22)(H,21,23)(H,24,25). The Morgan fingerprint density at radius 1 is 1.08 bits per heavy atom. The quantitative estimate of drug-likeness (QED) is 0.689. The van der Waals surface area contributed by atoms with E-state index in [1.807, 2.05) is 0 Å². The average Bonchev–Trinajstić information content (AvgIpc) is 2.58. The van der Waals surface area contributed by atoms with Crippen molar-refractivity contribution in [3.05, 3.63) is 58.6 Å². The Morgan fingerprint density at radius 3 is 2.46 bits per heavy atom. The highest BCUT2D eigenvalue weighted by atomic mass is 35.5. The Morgan fingerprint density at radius 2 is 1.81 bits per heavy atom. The van der Waals surface area contributed by atoms with Gasteiger partial charge < -0.3 is 20.5 Å². The van der Waals surface area contributed by atoms with E-state index in [1.54, 1.807) is 30.3 Å². The topological polar surface area (TPSA) is 105 Å². The van der Waals surface area contributed by atoms with Crippen molar-refractivity contribution in [2.75, 3.05) is 24.4 Å². The summed E-state index contributed by atoms with van der Waals surface area (Å²) in [7, 11) is 1.41. The third-order valence-electron chi connectivity index (χ3n) is 3.40. The van der Waals surface area contributed by atoms with Crippen LogP contribution in [0.1, 0.15) is 15.9 Å². The summed E-state index contributed by atoms with van der Waals surface area (Å²) in [5, 5.41) is 14.6. The lowest BCUT2D eigenvalue weighted by Crippen LogP contribution is -2.18. The molecular formula is C18H17ClN2O5. The van der Waals surface area contributed by atoms with Crippen molar-refractivity contribution in [3.63, 3.8) is 0 Å². The van der Waals surface area contributed by atoms with Gasteiger partial charge in [-0.1, -0.05) is 29.8 Å². The summed E-state index contributed by atoms with van der Waals surface area (Å²) in [6, 6.07) is 10.9. The Balaban J connectivity index is 2.05. The molecule has 7 nitrogen and oxygen atoms in total. The van der Waals surface area contributed by atoms with Crippen molar-refractivity contribution < 1.29 is 24.2 Å². The van der Waals surface area contributed by atoms with E-state index in [2.05, 4.69) is 10.6 Å². The lowest BCUT2D eigenvalue weighted by molar-refractivity contribution is -0.119. The number of nitrogens with one attached hydrogen (secondary N) is 2. The van der Waals surface area contributed by atoms with E-state index in [9.17, 15) is 14.4 Å². The third kappa shape index (κ3) is 5.30. The summed E-state index contributed by atoms with van der Waals surface area (Å²) in [4.78, 5) is 34.9. The molecule has 0 aliphatic rings. The number of amides is 2. The van der Waals surface area contributed by atoms with Crippen molar-refractivity contribution in [1.29, 1.82) is 0 Å². The Labute approximate surface area is 154 Å². The molecule has 3 N–H and O–H groups in total. The molecule has 0 aromatic heterocycles. The number of carboxylic acid groups (broad SMARTS) is 1. The number of methoxy groups -OCH3 is 1. The van der Waals surface area contributed by atoms with E-state index in [0.717, 1.165) is 0 Å². The van der Waals surface area contributed by atoms with Crippen LogP contribution in [0.15, 0.2) is 42.5 Å². The molecule has 0 fully saturated rings. The third-order valence-corrected chi connectivity index (χ3v) is 3.71. The molecule has 0 spiro atoms. The fourth-order valence-corrected chi connectivity index (χ4v) is 2.50. The molecule has 0 bridgehead atoms. The summed E-state index contributed by atoms with van der Waals surface area (Å²) < 4.78 is 4.72. The largest absolute Gasteiger partial charge is 0.478 e. The molecule has 0 aliphatic heterocycles. The maximum absolute atomic E-state index is 12.2. The highest BCUT2D eigenvalue weighted by Gasteiger charge is 2.13. The van der Waals surface area contributed by atoms with Gasteiger partial charge in [0.15, 0.2) is 0 Å². The minimum atomic E-state index is -1.09. The van der Waals surface area contributed by atoms with Gasteiger partial charge >= 0.3 is 5.97 Å². The maximum atomic E-state index is 12.2. The first kappa shape index (κ1) is 19.4. The number of hydrogen-bond acceptors (Lipinski definition) is 4. The summed E-state index contributed by atoms with van der Waals surface area (Å²) in [6.07, 6.45) is -0.0909. The van der Waals surface area contributed by atoms with Gasteiger partial charge in [-0.2, -0.15) is 0 Å². The van der Waals surface area contributed by atoms with Crippen LogP contribution in [0.25, 0.3) is 0 Å². The predicted octanol–water partition coefficient (Wildman–Crippen LogP) is 2.80. The van der Waals surface area contributed by atoms with Crippen LogP contribution in [0.5, 0.6) is 0 Å². The highest BCUT2D eigenvalue weighted by molar-refractivity contribution is 6.34. The first-order valence-electron chi connectivity index (χ1n) is 7.60. The van der Waals surface area contributed by atoms with Gasteiger partial charge in [0, 0.05) is 12.8 Å². The van der Waals surface area contributed by atoms with Gasteiger partial charge in [0.05, 0.1) is 22.7 Å². The fourth-order valence-electron chi connectivity index (χ4n) is 2.27. The summed E-state index contributed by atoms with van der Waals surface area (Å²) >= 11 is 6.10. The number of carbonyl (C=O) groups is 3. The zero-order valence-corrected chi connectivity index (χ0v) is 14.7. The number of hydrogen-bond donors (Lipinski definition) is 3. The molecule has 0 heterocycles. The molecule has 0 radical (unpaired) electrons. The molecule has 0 saturated heterocycles. The molecule has 0 unspecified atom stereocenters. The van der Waals surface area contributed by atoms with Crippen LogP contribution in [-0.4, -0.2) is 36.6 Å². The van der Waals surface area contributed by atoms with Gasteiger partial charge in [-0.25, -0.2) is 4.79 Å². The zero-order valence-electron chi connectivity index (χ0n) is 13.9. The van der Waals surface area contributed by atoms with Crippen LogP contribution in [-0.2, 0) is 20.7 Å². The molecule has 2 amide bonds. The second-order valence-electron chi connectivity index (χ2n) is 5.36. The SMILES string of the molecule is COCC(=O)Nc1ccc(NC(=O)Cc2ccccc2C(=O)O)cc1Cl. The molecular weight excluding hydrogens is 360 g/mol. The van der Waals surface area contributed by atoms with Crippen LogP contribution in [0.4, 0.5) is 11.4 Å². The van der Waals surface area contributed by atoms with Gasteiger partial charge in [-0.3, -0.25) is 9.59 Å². The monoisotopic (exact) mass is 376 g/mol. The number of benzene rings is 2. The average molecular weight is 377 g/mol. The molecule has 26 heavy (non-hydrogen) atoms. The fraction of sp³-hybridized carbons (Fsp3) is 0.167. The second-order valence-corrected chi connectivity index (χ2v) is 5.77. The Kier molecular flexibility index (Phi) is 6.71. The van der Waals surface area contributed by atoms with Gasteiger partial charge in [-0.15, -0.1) is 0 Å². The molecule has 0 atom stereocenters. The predicted molar refractivity (Wildman–Crippen MR) is 97.7 cm³/mol. The lowest BCUT2D eigenvalue weighted by atomic mass is 10.0. The van der Waals surface area contributed by atoms with Gasteiger partial charge in [0.1, 0.15) is 6.61 Å². The Bertz CT molecular complexity index is 838. The smallest absolute Gasteiger partial charge is 0.335 e. The maximum Gasteiger partial charge on any atom is 0.335 e. The number of ether oxygens (including phenoxy) is 1. The van der Waals surface area contributed by atoms with E-state index in [0.29, 0.717) is 16.9 Å². The number of aromatic carboxylic acids is 1. The second kappa shape index (κ2) is 8.98. The highest BCUT2D eigenvalue weighted by Crippen LogP contribution is 2.25. The van der Waals surface area contributed by atoms with E-state index < -0.39 is 5.97 Å². The Hall–Kier alpha value is -2.90. The minimum absolute atomic E-state index is 0.0804. The molecule has 8 heteroatoms. The molecule has 2 rings (SSSR count). The lowest BCUT2D eigenvalue weighted by Gasteiger charge is -2.10. The van der Waals surface area contributed by atoms with Crippen molar-refractivity contribution in [3.8, 4) is 0 Å². The number of carboxylic acids is 1. The van der Waals surface area contributed by atoms with Crippen molar-refractivity contribution in [2.45, 2.75) is 6.42 Å². The van der Waals surface area contributed by atoms with Crippen LogP contribution < -0.4 is 10.6 Å². The number of rotatable bonds is 7. The van der Waals surface area contributed by atoms with Crippen LogP contribution in [0.3, 0.4) is 0 Å². The van der Waals surface area contributed by atoms with Crippen LogP contribution in [0, 0.1) is 0 Å². The van der Waals surface area contributed by atoms with Crippen molar-refractivity contribution in [1.82, 2.24) is 0 Å². The molecule has 0 aliphatic carbocycles.